The van der Waals surface area contributed by atoms with E-state index in [1.807, 2.05) is 74.0 Å². The average molecular weight is 410 g/mol. The lowest BCUT2D eigenvalue weighted by atomic mass is 10.1. The van der Waals surface area contributed by atoms with Gasteiger partial charge >= 0.3 is 0 Å². The molecule has 0 fully saturated rings. The van der Waals surface area contributed by atoms with Crippen molar-refractivity contribution in [3.05, 3.63) is 80.8 Å². The summed E-state index contributed by atoms with van der Waals surface area (Å²) in [5.41, 5.74) is 5.03. The molecule has 1 N–H and O–H groups in total. The molecule has 0 aliphatic heterocycles. The summed E-state index contributed by atoms with van der Waals surface area (Å²) in [5, 5.41) is 9.44. The van der Waals surface area contributed by atoms with E-state index in [-0.39, 0.29) is 5.91 Å². The number of anilines is 1. The molecule has 4 rings (SSSR count). The maximum absolute atomic E-state index is 12.9. The molecule has 6 heteroatoms. The molecule has 0 unspecified atom stereocenters. The molecule has 28 heavy (non-hydrogen) atoms. The normalized spacial score (nSPS) is 11.1. The van der Waals surface area contributed by atoms with Gasteiger partial charge in [0.05, 0.1) is 17.1 Å². The van der Waals surface area contributed by atoms with Crippen LogP contribution in [0.5, 0.6) is 0 Å². The molecule has 142 valence electrons. The van der Waals surface area contributed by atoms with Crippen molar-refractivity contribution >= 4 is 44.7 Å². The summed E-state index contributed by atoms with van der Waals surface area (Å²) in [6.45, 7) is 6.62. The molecule has 0 atom stereocenters. The molecule has 0 aliphatic carbocycles. The van der Waals surface area contributed by atoms with Crippen LogP contribution in [-0.4, -0.2) is 15.7 Å². The van der Waals surface area contributed by atoms with Gasteiger partial charge in [0.15, 0.2) is 0 Å². The summed E-state index contributed by atoms with van der Waals surface area (Å²) in [4.78, 5) is 14.5. The number of hydrogen-bond acceptors (Lipinski definition) is 3. The van der Waals surface area contributed by atoms with E-state index in [4.69, 9.17) is 11.6 Å². The first-order chi connectivity index (χ1) is 13.4. The van der Waals surface area contributed by atoms with E-state index in [9.17, 15) is 4.79 Å². The Morgan fingerprint density at radius 1 is 1.11 bits per heavy atom. The lowest BCUT2D eigenvalue weighted by molar-refractivity contribution is 0.103. The first-order valence-electron chi connectivity index (χ1n) is 9.01. The Labute approximate surface area is 172 Å². The monoisotopic (exact) mass is 409 g/mol. The predicted molar refractivity (Wildman–Crippen MR) is 117 cm³/mol. The van der Waals surface area contributed by atoms with E-state index in [0.29, 0.717) is 16.4 Å². The van der Waals surface area contributed by atoms with Crippen LogP contribution in [0.2, 0.25) is 5.02 Å². The summed E-state index contributed by atoms with van der Waals surface area (Å²) >= 11 is 7.44. The zero-order valence-corrected chi connectivity index (χ0v) is 17.5. The third kappa shape index (κ3) is 3.55. The fourth-order valence-electron chi connectivity index (χ4n) is 3.28. The lowest BCUT2D eigenvalue weighted by Gasteiger charge is -2.10. The number of thiophene rings is 1. The van der Waals surface area contributed by atoms with Gasteiger partial charge in [-0.05, 0) is 55.7 Å². The second kappa shape index (κ2) is 7.41. The number of amides is 1. The fourth-order valence-corrected chi connectivity index (χ4v) is 4.46. The van der Waals surface area contributed by atoms with Gasteiger partial charge < -0.3 is 5.32 Å². The molecule has 0 saturated heterocycles. The van der Waals surface area contributed by atoms with Gasteiger partial charge in [0.1, 0.15) is 4.83 Å². The van der Waals surface area contributed by atoms with Crippen LogP contribution in [0, 0.1) is 20.8 Å². The maximum Gasteiger partial charge on any atom is 0.265 e. The number of aryl methyl sites for hydroxylation is 3. The topological polar surface area (TPSA) is 46.9 Å². The standard InChI is InChI=1S/C22H20ClN3OS/c1-13-5-4-6-14(2)20(13)24-21(27)19-11-18-15(3)25-26(22(18)28-19)12-16-7-9-17(23)10-8-16/h4-11H,12H2,1-3H3,(H,24,27). The molecule has 0 radical (unpaired) electrons. The Morgan fingerprint density at radius 3 is 2.46 bits per heavy atom. The highest BCUT2D eigenvalue weighted by Gasteiger charge is 2.17. The van der Waals surface area contributed by atoms with Gasteiger partial charge in [-0.1, -0.05) is 41.9 Å². The number of benzene rings is 2. The van der Waals surface area contributed by atoms with Crippen molar-refractivity contribution in [2.24, 2.45) is 0 Å². The van der Waals surface area contributed by atoms with Gasteiger partial charge in [0.25, 0.3) is 5.91 Å². The van der Waals surface area contributed by atoms with E-state index in [0.717, 1.165) is 38.3 Å². The smallest absolute Gasteiger partial charge is 0.265 e. The number of hydrogen-bond donors (Lipinski definition) is 1. The Bertz CT molecular complexity index is 1150. The van der Waals surface area contributed by atoms with Crippen molar-refractivity contribution in [3.8, 4) is 0 Å². The van der Waals surface area contributed by atoms with Crippen molar-refractivity contribution in [2.45, 2.75) is 27.3 Å². The first kappa shape index (κ1) is 18.7. The van der Waals surface area contributed by atoms with Crippen LogP contribution in [0.3, 0.4) is 0 Å². The Balaban J connectivity index is 1.64. The van der Waals surface area contributed by atoms with Crippen LogP contribution in [0.25, 0.3) is 10.2 Å². The molecule has 0 bridgehead atoms. The zero-order chi connectivity index (χ0) is 19.8. The van der Waals surface area contributed by atoms with Gasteiger partial charge in [-0.2, -0.15) is 5.10 Å². The van der Waals surface area contributed by atoms with Crippen LogP contribution in [-0.2, 0) is 6.54 Å². The number of fused-ring (bicyclic) bond motifs is 1. The van der Waals surface area contributed by atoms with Crippen LogP contribution in [0.15, 0.2) is 48.5 Å². The number of aromatic nitrogens is 2. The maximum atomic E-state index is 12.9. The Morgan fingerprint density at radius 2 is 1.79 bits per heavy atom. The lowest BCUT2D eigenvalue weighted by Crippen LogP contribution is -2.12. The average Bonchev–Trinajstić information content (AvgIpc) is 3.22. The van der Waals surface area contributed by atoms with Crippen LogP contribution >= 0.6 is 22.9 Å². The van der Waals surface area contributed by atoms with Crippen molar-refractivity contribution in [1.82, 2.24) is 9.78 Å². The third-order valence-electron chi connectivity index (χ3n) is 4.80. The van der Waals surface area contributed by atoms with E-state index in [2.05, 4.69) is 10.4 Å². The highest BCUT2D eigenvalue weighted by Crippen LogP contribution is 2.30. The molecule has 2 heterocycles. The highest BCUT2D eigenvalue weighted by atomic mass is 35.5. The molecule has 0 saturated carbocycles. The van der Waals surface area contributed by atoms with E-state index in [1.54, 1.807) is 0 Å². The molecule has 2 aromatic heterocycles. The number of carbonyl (C=O) groups excluding carboxylic acids is 1. The zero-order valence-electron chi connectivity index (χ0n) is 15.9. The molecule has 4 aromatic rings. The summed E-state index contributed by atoms with van der Waals surface area (Å²) in [6.07, 6.45) is 0. The molecule has 0 aliphatic rings. The summed E-state index contributed by atoms with van der Waals surface area (Å²) in [5.74, 6) is -0.0870. The number of carbonyl (C=O) groups is 1. The van der Waals surface area contributed by atoms with E-state index >= 15 is 0 Å². The summed E-state index contributed by atoms with van der Waals surface area (Å²) in [7, 11) is 0. The molecular weight excluding hydrogens is 390 g/mol. The second-order valence-electron chi connectivity index (χ2n) is 6.92. The number of nitrogens with one attached hydrogen (secondary N) is 1. The fraction of sp³-hybridized carbons (Fsp3) is 0.182. The minimum Gasteiger partial charge on any atom is -0.321 e. The highest BCUT2D eigenvalue weighted by molar-refractivity contribution is 7.20. The molecule has 2 aromatic carbocycles. The summed E-state index contributed by atoms with van der Waals surface area (Å²) < 4.78 is 1.95. The number of rotatable bonds is 4. The molecular formula is C22H20ClN3OS. The Kier molecular flexibility index (Phi) is 4.96. The van der Waals surface area contributed by atoms with Gasteiger partial charge in [-0.3, -0.25) is 9.48 Å². The number of para-hydroxylation sites is 1. The van der Waals surface area contributed by atoms with Crippen molar-refractivity contribution in [3.63, 3.8) is 0 Å². The Hall–Kier alpha value is -2.63. The van der Waals surface area contributed by atoms with Crippen molar-refractivity contribution in [2.75, 3.05) is 5.32 Å². The minimum atomic E-state index is -0.0870. The van der Waals surface area contributed by atoms with Crippen LogP contribution in [0.4, 0.5) is 5.69 Å². The van der Waals surface area contributed by atoms with Gasteiger partial charge in [0, 0.05) is 16.1 Å². The molecule has 0 spiro atoms. The van der Waals surface area contributed by atoms with Crippen LogP contribution in [0.1, 0.15) is 32.1 Å². The number of halogens is 1. The van der Waals surface area contributed by atoms with Crippen molar-refractivity contribution < 1.29 is 4.79 Å². The van der Waals surface area contributed by atoms with Gasteiger partial charge in [-0.15, -0.1) is 11.3 Å². The van der Waals surface area contributed by atoms with E-state index in [1.165, 1.54) is 11.3 Å². The molecule has 4 nitrogen and oxygen atoms in total. The molecule has 1 amide bonds. The first-order valence-corrected chi connectivity index (χ1v) is 10.2. The van der Waals surface area contributed by atoms with Gasteiger partial charge in [-0.25, -0.2) is 0 Å². The quantitative estimate of drug-likeness (QED) is 0.450. The van der Waals surface area contributed by atoms with Crippen LogP contribution < -0.4 is 5.32 Å². The van der Waals surface area contributed by atoms with Gasteiger partial charge in [0.2, 0.25) is 0 Å². The minimum absolute atomic E-state index is 0.0870. The third-order valence-corrected chi connectivity index (χ3v) is 6.20. The second-order valence-corrected chi connectivity index (χ2v) is 8.39. The summed E-state index contributed by atoms with van der Waals surface area (Å²) in [6, 6.07) is 15.7. The predicted octanol–water partition coefficient (Wildman–Crippen LogP) is 5.98. The largest absolute Gasteiger partial charge is 0.321 e. The SMILES string of the molecule is Cc1cccc(C)c1NC(=O)c1cc2c(C)nn(Cc3ccc(Cl)cc3)c2s1. The van der Waals surface area contributed by atoms with Crippen molar-refractivity contribution in [1.29, 1.82) is 0 Å². The number of nitrogens with zero attached hydrogens (tertiary/aromatic N) is 2. The van der Waals surface area contributed by atoms with E-state index < -0.39 is 0 Å².